The van der Waals surface area contributed by atoms with E-state index in [0.29, 0.717) is 35.9 Å². The molecule has 0 saturated heterocycles. The number of fused-ring (bicyclic) bond motifs is 1. The van der Waals surface area contributed by atoms with Crippen LogP contribution in [0.5, 0.6) is 17.2 Å². The average Bonchev–Trinajstić information content (AvgIpc) is 3.27. The van der Waals surface area contributed by atoms with Crippen LogP contribution < -0.4 is 24.2 Å². The maximum absolute atomic E-state index is 12.5. The maximum Gasteiger partial charge on any atom is 0.262 e. The Bertz CT molecular complexity index is 1180. The van der Waals surface area contributed by atoms with Gasteiger partial charge < -0.3 is 19.5 Å². The molecular formula is C23H22N2O6S. The molecule has 166 valence electrons. The number of amides is 1. The van der Waals surface area contributed by atoms with Crippen molar-refractivity contribution < 1.29 is 27.4 Å². The number of sulfonamides is 1. The van der Waals surface area contributed by atoms with Gasteiger partial charge in [0.05, 0.1) is 4.90 Å². The molecule has 0 atom stereocenters. The molecule has 0 spiro atoms. The minimum absolute atomic E-state index is 0.125. The minimum atomic E-state index is -3.64. The summed E-state index contributed by atoms with van der Waals surface area (Å²) in [6.07, 6.45) is 0.595. The molecule has 0 bridgehead atoms. The second-order valence-electron chi connectivity index (χ2n) is 7.01. The Morgan fingerprint density at radius 3 is 2.47 bits per heavy atom. The smallest absolute Gasteiger partial charge is 0.262 e. The molecule has 8 nitrogen and oxygen atoms in total. The first-order valence-corrected chi connectivity index (χ1v) is 11.4. The maximum atomic E-state index is 12.5. The second kappa shape index (κ2) is 9.71. The summed E-state index contributed by atoms with van der Waals surface area (Å²) in [4.78, 5) is 12.3. The van der Waals surface area contributed by atoms with E-state index in [-0.39, 0.29) is 24.2 Å². The summed E-state index contributed by atoms with van der Waals surface area (Å²) < 4.78 is 43.5. The van der Waals surface area contributed by atoms with E-state index in [4.69, 9.17) is 14.2 Å². The molecule has 9 heteroatoms. The van der Waals surface area contributed by atoms with E-state index in [1.54, 1.807) is 18.2 Å². The lowest BCUT2D eigenvalue weighted by Crippen LogP contribution is -2.26. The van der Waals surface area contributed by atoms with Gasteiger partial charge in [0, 0.05) is 18.3 Å². The third kappa shape index (κ3) is 5.57. The quantitative estimate of drug-likeness (QED) is 0.515. The molecule has 0 aromatic heterocycles. The van der Waals surface area contributed by atoms with Gasteiger partial charge in [0.1, 0.15) is 5.75 Å². The monoisotopic (exact) mass is 454 g/mol. The van der Waals surface area contributed by atoms with Crippen molar-refractivity contribution in [1.29, 1.82) is 0 Å². The lowest BCUT2D eigenvalue weighted by molar-refractivity contribution is -0.118. The fourth-order valence-corrected chi connectivity index (χ4v) is 4.12. The van der Waals surface area contributed by atoms with Crippen molar-refractivity contribution in [2.75, 3.05) is 25.3 Å². The molecule has 0 radical (unpaired) electrons. The van der Waals surface area contributed by atoms with Crippen molar-refractivity contribution in [1.82, 2.24) is 4.72 Å². The Balaban J connectivity index is 1.26. The van der Waals surface area contributed by atoms with E-state index in [0.717, 1.165) is 5.56 Å². The Labute approximate surface area is 186 Å². The van der Waals surface area contributed by atoms with Crippen LogP contribution in [0.2, 0.25) is 0 Å². The molecule has 4 rings (SSSR count). The molecule has 0 aliphatic carbocycles. The highest BCUT2D eigenvalue weighted by Crippen LogP contribution is 2.35. The average molecular weight is 455 g/mol. The van der Waals surface area contributed by atoms with Crippen LogP contribution in [-0.4, -0.2) is 34.3 Å². The molecule has 32 heavy (non-hydrogen) atoms. The summed E-state index contributed by atoms with van der Waals surface area (Å²) in [5.41, 5.74) is 1.52. The van der Waals surface area contributed by atoms with E-state index < -0.39 is 10.0 Å². The fourth-order valence-electron chi connectivity index (χ4n) is 3.09. The molecule has 0 saturated carbocycles. The van der Waals surface area contributed by atoms with E-state index >= 15 is 0 Å². The van der Waals surface area contributed by atoms with Gasteiger partial charge in [-0.25, -0.2) is 13.1 Å². The highest BCUT2D eigenvalue weighted by molar-refractivity contribution is 7.89. The van der Waals surface area contributed by atoms with Crippen molar-refractivity contribution in [3.63, 3.8) is 0 Å². The summed E-state index contributed by atoms with van der Waals surface area (Å²) >= 11 is 0. The van der Waals surface area contributed by atoms with E-state index in [1.807, 2.05) is 30.3 Å². The van der Waals surface area contributed by atoms with Gasteiger partial charge in [0.2, 0.25) is 16.8 Å². The normalized spacial score (nSPS) is 12.4. The van der Waals surface area contributed by atoms with Crippen LogP contribution in [0.1, 0.15) is 5.56 Å². The number of hydrogen-bond donors (Lipinski definition) is 2. The van der Waals surface area contributed by atoms with Crippen molar-refractivity contribution in [2.45, 2.75) is 11.3 Å². The largest absolute Gasteiger partial charge is 0.484 e. The van der Waals surface area contributed by atoms with Gasteiger partial charge in [0.25, 0.3) is 5.91 Å². The van der Waals surface area contributed by atoms with E-state index in [9.17, 15) is 13.2 Å². The molecule has 0 unspecified atom stereocenters. The number of carbonyl (C=O) groups excluding carboxylic acids is 1. The summed E-state index contributed by atoms with van der Waals surface area (Å²) in [6.45, 7) is 0.246. The molecular weight excluding hydrogens is 432 g/mol. The summed E-state index contributed by atoms with van der Waals surface area (Å²) in [5, 5.41) is 2.67. The van der Waals surface area contributed by atoms with Gasteiger partial charge in [-0.2, -0.15) is 0 Å². The molecule has 3 aromatic carbocycles. The second-order valence-corrected chi connectivity index (χ2v) is 8.78. The zero-order valence-corrected chi connectivity index (χ0v) is 17.9. The third-order valence-electron chi connectivity index (χ3n) is 4.71. The van der Waals surface area contributed by atoms with Crippen LogP contribution >= 0.6 is 0 Å². The number of nitrogens with one attached hydrogen (secondary N) is 2. The first-order valence-electron chi connectivity index (χ1n) is 9.95. The predicted octanol–water partition coefficient (Wildman–Crippen LogP) is 2.95. The number of carbonyl (C=O) groups is 1. The van der Waals surface area contributed by atoms with E-state index in [1.165, 1.54) is 24.3 Å². The van der Waals surface area contributed by atoms with Gasteiger partial charge in [0.15, 0.2) is 18.1 Å². The summed E-state index contributed by atoms with van der Waals surface area (Å²) in [5.74, 6) is 1.30. The van der Waals surface area contributed by atoms with Crippen LogP contribution in [0, 0.1) is 0 Å². The molecule has 1 amide bonds. The molecule has 1 heterocycles. The Kier molecular flexibility index (Phi) is 6.58. The lowest BCUT2D eigenvalue weighted by Gasteiger charge is -2.10. The zero-order valence-electron chi connectivity index (χ0n) is 17.1. The van der Waals surface area contributed by atoms with Crippen LogP contribution in [-0.2, 0) is 21.2 Å². The zero-order chi connectivity index (χ0) is 22.4. The minimum Gasteiger partial charge on any atom is -0.484 e. The molecule has 2 N–H and O–H groups in total. The van der Waals surface area contributed by atoms with Gasteiger partial charge in [-0.1, -0.05) is 30.3 Å². The van der Waals surface area contributed by atoms with Gasteiger partial charge >= 0.3 is 0 Å². The van der Waals surface area contributed by atoms with Crippen molar-refractivity contribution in [3.8, 4) is 17.2 Å². The van der Waals surface area contributed by atoms with Gasteiger partial charge in [-0.05, 0) is 48.4 Å². The number of rotatable bonds is 9. The standard InChI is InChI=1S/C23H22N2O6S/c26-23(15-29-19-8-11-21-22(14-19)31-16-30-21)25-18-6-9-20(10-7-18)32(27,28)24-13-12-17-4-2-1-3-5-17/h1-11,14,24H,12-13,15-16H2,(H,25,26). The molecule has 1 aliphatic rings. The van der Waals surface area contributed by atoms with E-state index in [2.05, 4.69) is 10.0 Å². The number of anilines is 1. The SMILES string of the molecule is O=C(COc1ccc2c(c1)OCO2)Nc1ccc(S(=O)(=O)NCCc2ccccc2)cc1. The fraction of sp³-hybridized carbons (Fsp3) is 0.174. The topological polar surface area (TPSA) is 103 Å². The van der Waals surface area contributed by atoms with Crippen LogP contribution in [0.15, 0.2) is 77.7 Å². The van der Waals surface area contributed by atoms with Crippen molar-refractivity contribution in [2.24, 2.45) is 0 Å². The number of hydrogen-bond acceptors (Lipinski definition) is 6. The summed E-state index contributed by atoms with van der Waals surface area (Å²) in [6, 6.07) is 20.6. The van der Waals surface area contributed by atoms with Gasteiger partial charge in [-0.15, -0.1) is 0 Å². The highest BCUT2D eigenvalue weighted by atomic mass is 32.2. The highest BCUT2D eigenvalue weighted by Gasteiger charge is 2.15. The predicted molar refractivity (Wildman–Crippen MR) is 118 cm³/mol. The van der Waals surface area contributed by atoms with Crippen molar-refractivity contribution in [3.05, 3.63) is 78.4 Å². The van der Waals surface area contributed by atoms with Crippen LogP contribution in [0.25, 0.3) is 0 Å². The number of ether oxygens (including phenoxy) is 3. The third-order valence-corrected chi connectivity index (χ3v) is 6.19. The Morgan fingerprint density at radius 2 is 1.69 bits per heavy atom. The first kappa shape index (κ1) is 21.7. The first-order chi connectivity index (χ1) is 15.5. The molecule has 1 aliphatic heterocycles. The van der Waals surface area contributed by atoms with Crippen LogP contribution in [0.3, 0.4) is 0 Å². The van der Waals surface area contributed by atoms with Crippen molar-refractivity contribution >= 4 is 21.6 Å². The Morgan fingerprint density at radius 1 is 0.938 bits per heavy atom. The summed E-state index contributed by atoms with van der Waals surface area (Å²) in [7, 11) is -3.64. The lowest BCUT2D eigenvalue weighted by atomic mass is 10.2. The molecule has 3 aromatic rings. The molecule has 0 fully saturated rings. The Hall–Kier alpha value is -3.56. The van der Waals surface area contributed by atoms with Gasteiger partial charge in [-0.3, -0.25) is 4.79 Å². The van der Waals surface area contributed by atoms with Crippen LogP contribution in [0.4, 0.5) is 5.69 Å². The number of benzene rings is 3.